The average Bonchev–Trinajstić information content (AvgIpc) is 2.44. The number of piperidine rings is 1. The smallest absolute Gasteiger partial charge is 0.208 e. The van der Waals surface area contributed by atoms with Crippen LogP contribution >= 0.6 is 0 Å². The number of hydrogen-bond acceptors (Lipinski definition) is 3. The Morgan fingerprint density at radius 1 is 1.37 bits per heavy atom. The van der Waals surface area contributed by atoms with Gasteiger partial charge in [0.15, 0.2) is 0 Å². The highest BCUT2D eigenvalue weighted by molar-refractivity contribution is 5.79. The molecule has 5 heteroatoms. The zero-order chi connectivity index (χ0) is 13.9. The maximum atomic E-state index is 5.58. The molecule has 0 spiro atoms. The second kappa shape index (κ2) is 10.0. The number of nitrogens with two attached hydrogens (primary N) is 1. The predicted octanol–water partition coefficient (Wildman–Crippen LogP) is 1.74. The van der Waals surface area contributed by atoms with Crippen LogP contribution in [0.25, 0.3) is 0 Å². The molecule has 0 aromatic heterocycles. The molecule has 19 heavy (non-hydrogen) atoms. The van der Waals surface area contributed by atoms with Gasteiger partial charge in [-0.2, -0.15) is 0 Å². The molecule has 0 aromatic carbocycles. The molecule has 0 aromatic rings. The molecule has 0 aliphatic carbocycles. The van der Waals surface area contributed by atoms with Gasteiger partial charge in [0.25, 0.3) is 0 Å². The van der Waals surface area contributed by atoms with E-state index in [1.54, 1.807) is 0 Å². The van der Waals surface area contributed by atoms with E-state index in [1.807, 2.05) is 6.92 Å². The number of hydrogen-bond donors (Lipinski definition) is 2. The topological polar surface area (TPSA) is 62.9 Å². The van der Waals surface area contributed by atoms with Crippen molar-refractivity contribution in [2.24, 2.45) is 16.8 Å². The molecule has 0 atom stereocenters. The van der Waals surface area contributed by atoms with Crippen molar-refractivity contribution in [2.75, 3.05) is 32.8 Å². The van der Waals surface area contributed by atoms with Crippen molar-refractivity contribution in [3.63, 3.8) is 0 Å². The molecule has 0 amide bonds. The lowest BCUT2D eigenvalue weighted by Crippen LogP contribution is -2.48. The van der Waals surface area contributed by atoms with Crippen LogP contribution in [0.1, 0.15) is 46.0 Å². The van der Waals surface area contributed by atoms with Crippen molar-refractivity contribution < 1.29 is 4.74 Å². The SMILES string of the molecule is CCCC1CCN(C(=NCCCOCC)NN)CC1. The summed E-state index contributed by atoms with van der Waals surface area (Å²) in [6.45, 7) is 8.73. The van der Waals surface area contributed by atoms with Gasteiger partial charge in [-0.3, -0.25) is 10.4 Å². The number of aliphatic imine (C=N–C) groups is 1. The van der Waals surface area contributed by atoms with Crippen molar-refractivity contribution in [1.82, 2.24) is 10.3 Å². The summed E-state index contributed by atoms with van der Waals surface area (Å²) in [5, 5.41) is 0. The second-order valence-electron chi connectivity index (χ2n) is 5.12. The molecule has 1 fully saturated rings. The first kappa shape index (κ1) is 16.2. The Hall–Kier alpha value is -0.810. The summed E-state index contributed by atoms with van der Waals surface area (Å²) < 4.78 is 5.30. The fraction of sp³-hybridized carbons (Fsp3) is 0.929. The van der Waals surface area contributed by atoms with E-state index in [0.717, 1.165) is 51.1 Å². The van der Waals surface area contributed by atoms with Crippen LogP contribution in [0.15, 0.2) is 4.99 Å². The van der Waals surface area contributed by atoms with Crippen molar-refractivity contribution in [2.45, 2.75) is 46.0 Å². The third kappa shape index (κ3) is 6.25. The van der Waals surface area contributed by atoms with Crippen molar-refractivity contribution in [1.29, 1.82) is 0 Å². The summed E-state index contributed by atoms with van der Waals surface area (Å²) >= 11 is 0. The van der Waals surface area contributed by atoms with Crippen LogP contribution in [0, 0.1) is 5.92 Å². The summed E-state index contributed by atoms with van der Waals surface area (Å²) in [6.07, 6.45) is 6.11. The summed E-state index contributed by atoms with van der Waals surface area (Å²) in [4.78, 5) is 6.81. The maximum absolute atomic E-state index is 5.58. The number of rotatable bonds is 7. The van der Waals surface area contributed by atoms with Crippen LogP contribution in [-0.2, 0) is 4.74 Å². The van der Waals surface area contributed by atoms with Crippen molar-refractivity contribution in [3.05, 3.63) is 0 Å². The van der Waals surface area contributed by atoms with E-state index >= 15 is 0 Å². The molecule has 5 nitrogen and oxygen atoms in total. The first-order chi connectivity index (χ1) is 9.31. The van der Waals surface area contributed by atoms with Crippen molar-refractivity contribution in [3.8, 4) is 0 Å². The normalized spacial score (nSPS) is 17.8. The van der Waals surface area contributed by atoms with Crippen LogP contribution in [0.4, 0.5) is 0 Å². The molecule has 0 saturated carbocycles. The third-order valence-corrected chi connectivity index (χ3v) is 3.65. The molecule has 0 bridgehead atoms. The molecule has 1 saturated heterocycles. The van der Waals surface area contributed by atoms with Crippen LogP contribution in [-0.4, -0.2) is 43.7 Å². The monoisotopic (exact) mass is 270 g/mol. The molecular formula is C14H30N4O. The summed E-state index contributed by atoms with van der Waals surface area (Å²) in [6, 6.07) is 0. The zero-order valence-corrected chi connectivity index (χ0v) is 12.5. The molecule has 0 radical (unpaired) electrons. The lowest BCUT2D eigenvalue weighted by Gasteiger charge is -2.33. The fourth-order valence-corrected chi connectivity index (χ4v) is 2.57. The van der Waals surface area contributed by atoms with E-state index in [4.69, 9.17) is 10.6 Å². The zero-order valence-electron chi connectivity index (χ0n) is 12.5. The van der Waals surface area contributed by atoms with Crippen molar-refractivity contribution >= 4 is 5.96 Å². The Morgan fingerprint density at radius 2 is 2.11 bits per heavy atom. The highest BCUT2D eigenvalue weighted by atomic mass is 16.5. The van der Waals surface area contributed by atoms with E-state index in [0.29, 0.717) is 0 Å². The number of nitrogens with zero attached hydrogens (tertiary/aromatic N) is 2. The van der Waals surface area contributed by atoms with E-state index in [9.17, 15) is 0 Å². The molecule has 1 heterocycles. The van der Waals surface area contributed by atoms with E-state index in [1.165, 1.54) is 25.7 Å². The van der Waals surface area contributed by atoms with Crippen LogP contribution in [0.2, 0.25) is 0 Å². The van der Waals surface area contributed by atoms with Gasteiger partial charge in [-0.1, -0.05) is 19.8 Å². The molecule has 1 aliphatic heterocycles. The Morgan fingerprint density at radius 3 is 2.68 bits per heavy atom. The summed E-state index contributed by atoms with van der Waals surface area (Å²) in [7, 11) is 0. The molecule has 1 rings (SSSR count). The number of guanidine groups is 1. The van der Waals surface area contributed by atoms with Gasteiger partial charge >= 0.3 is 0 Å². The number of nitrogens with one attached hydrogen (secondary N) is 1. The quantitative estimate of drug-likeness (QED) is 0.243. The van der Waals surface area contributed by atoms with Crippen LogP contribution in [0.5, 0.6) is 0 Å². The minimum absolute atomic E-state index is 0.772. The Kier molecular flexibility index (Phi) is 8.58. The molecule has 112 valence electrons. The maximum Gasteiger partial charge on any atom is 0.208 e. The van der Waals surface area contributed by atoms with Gasteiger partial charge in [-0.25, -0.2) is 5.84 Å². The van der Waals surface area contributed by atoms with E-state index in [-0.39, 0.29) is 0 Å². The minimum atomic E-state index is 0.772. The Labute approximate surface area is 117 Å². The van der Waals surface area contributed by atoms with Gasteiger partial charge in [0.1, 0.15) is 0 Å². The first-order valence-electron chi connectivity index (χ1n) is 7.65. The lowest BCUT2D eigenvalue weighted by molar-refractivity contribution is 0.146. The van der Waals surface area contributed by atoms with E-state index < -0.39 is 0 Å². The van der Waals surface area contributed by atoms with E-state index in [2.05, 4.69) is 22.2 Å². The summed E-state index contributed by atoms with van der Waals surface area (Å²) in [5.41, 5.74) is 2.74. The molecule has 1 aliphatic rings. The van der Waals surface area contributed by atoms with Crippen LogP contribution in [0.3, 0.4) is 0 Å². The van der Waals surface area contributed by atoms with Gasteiger partial charge < -0.3 is 9.64 Å². The number of hydrazine groups is 1. The predicted molar refractivity (Wildman–Crippen MR) is 79.9 cm³/mol. The number of ether oxygens (including phenoxy) is 1. The molecular weight excluding hydrogens is 240 g/mol. The van der Waals surface area contributed by atoms with Gasteiger partial charge in [0, 0.05) is 32.8 Å². The van der Waals surface area contributed by atoms with Gasteiger partial charge in [0.05, 0.1) is 0 Å². The van der Waals surface area contributed by atoms with Gasteiger partial charge in [-0.15, -0.1) is 0 Å². The average molecular weight is 270 g/mol. The Bertz CT molecular complexity index is 250. The fourth-order valence-electron chi connectivity index (χ4n) is 2.57. The second-order valence-corrected chi connectivity index (χ2v) is 5.12. The minimum Gasteiger partial charge on any atom is -0.382 e. The Balaban J connectivity index is 2.28. The number of likely N-dealkylation sites (tertiary alicyclic amines) is 1. The molecule has 3 N–H and O–H groups in total. The van der Waals surface area contributed by atoms with Gasteiger partial charge in [-0.05, 0) is 32.1 Å². The first-order valence-corrected chi connectivity index (χ1v) is 7.65. The highest BCUT2D eigenvalue weighted by Crippen LogP contribution is 2.21. The largest absolute Gasteiger partial charge is 0.382 e. The van der Waals surface area contributed by atoms with Crippen LogP contribution < -0.4 is 11.3 Å². The lowest BCUT2D eigenvalue weighted by atomic mass is 9.93. The summed E-state index contributed by atoms with van der Waals surface area (Å²) in [5.74, 6) is 7.31. The van der Waals surface area contributed by atoms with Gasteiger partial charge in [0.2, 0.25) is 5.96 Å². The standard InChI is InChI=1S/C14H30N4O/c1-3-6-13-7-10-18(11-8-13)14(17-15)16-9-5-12-19-4-2/h13H,3-12,15H2,1-2H3,(H,16,17). The molecule has 0 unspecified atom stereocenters. The third-order valence-electron chi connectivity index (χ3n) is 3.65. The highest BCUT2D eigenvalue weighted by Gasteiger charge is 2.20.